The Labute approximate surface area is 116 Å². The van der Waals surface area contributed by atoms with Crippen molar-refractivity contribution in [2.45, 2.75) is 39.2 Å². The first-order chi connectivity index (χ1) is 8.76. The van der Waals surface area contributed by atoms with Crippen molar-refractivity contribution in [2.75, 3.05) is 6.54 Å². The van der Waals surface area contributed by atoms with E-state index in [2.05, 4.69) is 37.4 Å². The highest BCUT2D eigenvalue weighted by atomic mass is 79.9. The number of hydrogen-bond acceptors (Lipinski definition) is 3. The molecule has 0 aliphatic heterocycles. The van der Waals surface area contributed by atoms with Crippen molar-refractivity contribution in [2.24, 2.45) is 5.73 Å². The number of aromatic nitrogens is 3. The zero-order chi connectivity index (χ0) is 13.0. The molecule has 18 heavy (non-hydrogen) atoms. The molecule has 0 radical (unpaired) electrons. The van der Waals surface area contributed by atoms with Crippen molar-refractivity contribution in [3.8, 4) is 0 Å². The van der Waals surface area contributed by atoms with Gasteiger partial charge in [-0.1, -0.05) is 6.92 Å². The molecule has 2 aromatic rings. The predicted molar refractivity (Wildman–Crippen MR) is 77.5 cm³/mol. The van der Waals surface area contributed by atoms with Crippen LogP contribution in [-0.4, -0.2) is 21.1 Å². The van der Waals surface area contributed by atoms with E-state index in [1.54, 1.807) is 0 Å². The molecule has 2 rings (SSSR count). The number of rotatable bonds is 6. The van der Waals surface area contributed by atoms with E-state index in [1.165, 1.54) is 0 Å². The smallest absolute Gasteiger partial charge is 0.160 e. The van der Waals surface area contributed by atoms with E-state index in [4.69, 9.17) is 5.73 Å². The molecule has 0 aliphatic rings. The number of aryl methyl sites for hydroxylation is 2. The number of unbranched alkanes of at least 4 members (excludes halogenated alkanes) is 1. The van der Waals surface area contributed by atoms with Crippen molar-refractivity contribution < 1.29 is 0 Å². The molecular weight excluding hydrogens is 292 g/mol. The maximum Gasteiger partial charge on any atom is 0.160 e. The van der Waals surface area contributed by atoms with Gasteiger partial charge < -0.3 is 10.3 Å². The Balaban J connectivity index is 2.35. The lowest BCUT2D eigenvalue weighted by Gasteiger charge is -2.07. The van der Waals surface area contributed by atoms with Crippen LogP contribution in [0, 0.1) is 0 Å². The zero-order valence-electron chi connectivity index (χ0n) is 10.7. The van der Waals surface area contributed by atoms with E-state index in [1.807, 2.05) is 12.3 Å². The van der Waals surface area contributed by atoms with Crippen LogP contribution < -0.4 is 5.73 Å². The van der Waals surface area contributed by atoms with E-state index >= 15 is 0 Å². The lowest BCUT2D eigenvalue weighted by molar-refractivity contribution is 0.595. The van der Waals surface area contributed by atoms with Gasteiger partial charge in [-0.2, -0.15) is 0 Å². The van der Waals surface area contributed by atoms with Gasteiger partial charge in [0.15, 0.2) is 5.65 Å². The molecule has 0 saturated carbocycles. The van der Waals surface area contributed by atoms with Crippen LogP contribution in [-0.2, 0) is 13.0 Å². The van der Waals surface area contributed by atoms with Crippen molar-refractivity contribution in [3.63, 3.8) is 0 Å². The second kappa shape index (κ2) is 6.29. The first-order valence-corrected chi connectivity index (χ1v) is 7.26. The molecule has 98 valence electrons. The van der Waals surface area contributed by atoms with Crippen LogP contribution in [0.5, 0.6) is 0 Å². The normalized spacial score (nSPS) is 11.3. The highest BCUT2D eigenvalue weighted by Gasteiger charge is 2.11. The SMILES string of the molecule is CCCc1nc2cc(Br)cnc2n1CCCCN. The van der Waals surface area contributed by atoms with Gasteiger partial charge in [0.2, 0.25) is 0 Å². The van der Waals surface area contributed by atoms with Crippen LogP contribution in [0.25, 0.3) is 11.2 Å². The minimum Gasteiger partial charge on any atom is -0.330 e. The van der Waals surface area contributed by atoms with Gasteiger partial charge in [-0.15, -0.1) is 0 Å². The Morgan fingerprint density at radius 2 is 2.22 bits per heavy atom. The van der Waals surface area contributed by atoms with Crippen LogP contribution in [0.2, 0.25) is 0 Å². The average Bonchev–Trinajstić information content (AvgIpc) is 2.67. The van der Waals surface area contributed by atoms with Gasteiger partial charge in [-0.05, 0) is 47.8 Å². The molecule has 2 heterocycles. The van der Waals surface area contributed by atoms with Crippen LogP contribution >= 0.6 is 15.9 Å². The standard InChI is InChI=1S/C13H19BrN4/c1-2-5-12-17-11-8-10(14)9-16-13(11)18(12)7-4-3-6-15/h8-9H,2-7,15H2,1H3. The van der Waals surface area contributed by atoms with Gasteiger partial charge in [0.1, 0.15) is 11.3 Å². The molecule has 2 N–H and O–H groups in total. The summed E-state index contributed by atoms with van der Waals surface area (Å²) in [6, 6.07) is 2.03. The lowest BCUT2D eigenvalue weighted by Crippen LogP contribution is -2.07. The minimum atomic E-state index is 0.745. The second-order valence-electron chi connectivity index (χ2n) is 4.42. The van der Waals surface area contributed by atoms with Gasteiger partial charge in [0.05, 0.1) is 0 Å². The summed E-state index contributed by atoms with van der Waals surface area (Å²) >= 11 is 3.44. The van der Waals surface area contributed by atoms with Crippen molar-refractivity contribution in [1.82, 2.24) is 14.5 Å². The molecule has 0 spiro atoms. The fourth-order valence-corrected chi connectivity index (χ4v) is 2.42. The zero-order valence-corrected chi connectivity index (χ0v) is 12.3. The molecule has 0 unspecified atom stereocenters. The minimum absolute atomic E-state index is 0.745. The Morgan fingerprint density at radius 1 is 1.39 bits per heavy atom. The molecule has 5 heteroatoms. The molecule has 0 aromatic carbocycles. The maximum absolute atomic E-state index is 5.55. The predicted octanol–water partition coefficient (Wildman–Crippen LogP) is 2.89. The van der Waals surface area contributed by atoms with E-state index in [0.29, 0.717) is 0 Å². The molecule has 0 fully saturated rings. The molecular formula is C13H19BrN4. The third-order valence-corrected chi connectivity index (χ3v) is 3.37. The Kier molecular flexibility index (Phi) is 4.72. The fraction of sp³-hybridized carbons (Fsp3) is 0.538. The van der Waals surface area contributed by atoms with Crippen molar-refractivity contribution >= 4 is 27.1 Å². The molecule has 0 aliphatic carbocycles. The number of pyridine rings is 1. The molecule has 0 bridgehead atoms. The van der Waals surface area contributed by atoms with Crippen molar-refractivity contribution in [1.29, 1.82) is 0 Å². The number of nitrogens with two attached hydrogens (primary N) is 1. The molecule has 0 atom stereocenters. The van der Waals surface area contributed by atoms with Crippen LogP contribution in [0.15, 0.2) is 16.7 Å². The number of fused-ring (bicyclic) bond motifs is 1. The summed E-state index contributed by atoms with van der Waals surface area (Å²) in [5, 5.41) is 0. The largest absolute Gasteiger partial charge is 0.330 e. The summed E-state index contributed by atoms with van der Waals surface area (Å²) < 4.78 is 3.21. The van der Waals surface area contributed by atoms with Crippen LogP contribution in [0.4, 0.5) is 0 Å². The highest BCUT2D eigenvalue weighted by Crippen LogP contribution is 2.19. The Hall–Kier alpha value is -0.940. The van der Waals surface area contributed by atoms with Gasteiger partial charge in [-0.3, -0.25) is 0 Å². The Morgan fingerprint density at radius 3 is 2.94 bits per heavy atom. The van der Waals surface area contributed by atoms with E-state index < -0.39 is 0 Å². The van der Waals surface area contributed by atoms with Crippen molar-refractivity contribution in [3.05, 3.63) is 22.6 Å². The molecule has 4 nitrogen and oxygen atoms in total. The lowest BCUT2D eigenvalue weighted by atomic mass is 10.3. The molecule has 0 saturated heterocycles. The van der Waals surface area contributed by atoms with E-state index in [0.717, 1.165) is 60.2 Å². The first-order valence-electron chi connectivity index (χ1n) is 6.47. The fourth-order valence-electron chi connectivity index (χ4n) is 2.10. The third kappa shape index (κ3) is 2.90. The maximum atomic E-state index is 5.55. The summed E-state index contributed by atoms with van der Waals surface area (Å²) in [4.78, 5) is 9.17. The summed E-state index contributed by atoms with van der Waals surface area (Å²) in [6.07, 6.45) is 6.05. The summed E-state index contributed by atoms with van der Waals surface area (Å²) in [7, 11) is 0. The van der Waals surface area contributed by atoms with Crippen LogP contribution in [0.3, 0.4) is 0 Å². The molecule has 2 aromatic heterocycles. The van der Waals surface area contributed by atoms with E-state index in [9.17, 15) is 0 Å². The van der Waals surface area contributed by atoms with Gasteiger partial charge >= 0.3 is 0 Å². The summed E-state index contributed by atoms with van der Waals surface area (Å²) in [6.45, 7) is 3.87. The number of nitrogens with zero attached hydrogens (tertiary/aromatic N) is 3. The first kappa shape index (κ1) is 13.5. The molecule has 0 amide bonds. The topological polar surface area (TPSA) is 56.7 Å². The number of imidazole rings is 1. The monoisotopic (exact) mass is 310 g/mol. The van der Waals surface area contributed by atoms with Gasteiger partial charge in [-0.25, -0.2) is 9.97 Å². The highest BCUT2D eigenvalue weighted by molar-refractivity contribution is 9.10. The number of hydrogen-bond donors (Lipinski definition) is 1. The third-order valence-electron chi connectivity index (χ3n) is 2.94. The second-order valence-corrected chi connectivity index (χ2v) is 5.34. The van der Waals surface area contributed by atoms with Gasteiger partial charge in [0, 0.05) is 23.6 Å². The summed E-state index contributed by atoms with van der Waals surface area (Å²) in [5.41, 5.74) is 7.51. The average molecular weight is 311 g/mol. The van der Waals surface area contributed by atoms with Gasteiger partial charge in [0.25, 0.3) is 0 Å². The summed E-state index contributed by atoms with van der Waals surface area (Å²) in [5.74, 6) is 1.13. The Bertz CT molecular complexity index is 521. The van der Waals surface area contributed by atoms with E-state index in [-0.39, 0.29) is 0 Å². The van der Waals surface area contributed by atoms with Crippen LogP contribution in [0.1, 0.15) is 32.0 Å². The quantitative estimate of drug-likeness (QED) is 0.835. The number of halogens is 1.